The predicted octanol–water partition coefficient (Wildman–Crippen LogP) is 8.40. The zero-order valence-electron chi connectivity index (χ0n) is 16.1. The quantitative estimate of drug-likeness (QED) is 0.165. The van der Waals surface area contributed by atoms with Crippen LogP contribution in [0.5, 0.6) is 0 Å². The van der Waals surface area contributed by atoms with Gasteiger partial charge in [-0.25, -0.2) is 0 Å². The summed E-state index contributed by atoms with van der Waals surface area (Å²) >= 11 is 0. The summed E-state index contributed by atoms with van der Waals surface area (Å²) in [6.45, 7) is 2.29. The first-order chi connectivity index (χ1) is 11.4. The van der Waals surface area contributed by atoms with Gasteiger partial charge in [-0.2, -0.15) is 0 Å². The molecule has 0 bridgehead atoms. The summed E-state index contributed by atoms with van der Waals surface area (Å²) < 4.78 is 0. The maximum Gasteiger partial charge on any atom is 0.00989 e. The van der Waals surface area contributed by atoms with E-state index in [9.17, 15) is 0 Å². The largest absolute Gasteiger partial charge is 0.0891 e. The highest BCUT2D eigenvalue weighted by molar-refractivity contribution is 4.74. The molecular formula is C23H43. The molecule has 0 heterocycles. The second-order valence-electron chi connectivity index (χ2n) is 7.29. The second-order valence-corrected chi connectivity index (χ2v) is 7.29. The number of unbranched alkanes of at least 4 members (excludes halogenated alkanes) is 19. The summed E-state index contributed by atoms with van der Waals surface area (Å²) in [6.07, 6.45) is 34.7. The molecule has 0 rings (SSSR count). The average Bonchev–Trinajstić information content (AvgIpc) is 2.57. The molecule has 0 fully saturated rings. The van der Waals surface area contributed by atoms with Crippen molar-refractivity contribution in [3.8, 4) is 5.92 Å². The van der Waals surface area contributed by atoms with Crippen LogP contribution in [0, 0.1) is 12.3 Å². The van der Waals surface area contributed by atoms with Crippen molar-refractivity contribution in [3.63, 3.8) is 0 Å². The monoisotopic (exact) mass is 319 g/mol. The van der Waals surface area contributed by atoms with Crippen LogP contribution < -0.4 is 0 Å². The molecule has 135 valence electrons. The summed E-state index contributed by atoms with van der Waals surface area (Å²) in [6, 6.07) is 0. The van der Waals surface area contributed by atoms with Gasteiger partial charge in [-0.3, -0.25) is 0 Å². The van der Waals surface area contributed by atoms with Crippen molar-refractivity contribution >= 4 is 0 Å². The lowest BCUT2D eigenvalue weighted by molar-refractivity contribution is 0.524. The molecule has 0 aliphatic carbocycles. The van der Waals surface area contributed by atoms with Gasteiger partial charge in [-0.15, -0.1) is 0 Å². The molecule has 0 aliphatic heterocycles. The Bertz CT molecular complexity index is 235. The van der Waals surface area contributed by atoms with E-state index in [2.05, 4.69) is 12.8 Å². The zero-order valence-corrected chi connectivity index (χ0v) is 16.1. The molecule has 1 radical (unpaired) electrons. The van der Waals surface area contributed by atoms with E-state index in [0.717, 1.165) is 6.42 Å². The highest BCUT2D eigenvalue weighted by Crippen LogP contribution is 2.14. The Morgan fingerprint density at radius 1 is 0.435 bits per heavy atom. The van der Waals surface area contributed by atoms with Crippen LogP contribution >= 0.6 is 0 Å². The third-order valence-corrected chi connectivity index (χ3v) is 4.91. The van der Waals surface area contributed by atoms with Gasteiger partial charge in [-0.05, 0) is 12.8 Å². The van der Waals surface area contributed by atoms with E-state index >= 15 is 0 Å². The lowest BCUT2D eigenvalue weighted by atomic mass is 10.0. The lowest BCUT2D eigenvalue weighted by Crippen LogP contribution is -1.84. The van der Waals surface area contributed by atoms with E-state index in [1.54, 1.807) is 0 Å². The number of rotatable bonds is 19. The van der Waals surface area contributed by atoms with Gasteiger partial charge < -0.3 is 0 Å². The molecule has 0 aromatic rings. The fourth-order valence-electron chi connectivity index (χ4n) is 3.29. The molecule has 0 aliphatic rings. The van der Waals surface area contributed by atoms with Crippen LogP contribution in [0.1, 0.15) is 135 Å². The average molecular weight is 320 g/mol. The molecule has 0 aromatic carbocycles. The predicted molar refractivity (Wildman–Crippen MR) is 105 cm³/mol. The normalized spacial score (nSPS) is 10.8. The molecule has 0 atom stereocenters. The van der Waals surface area contributed by atoms with Crippen molar-refractivity contribution in [2.45, 2.75) is 135 Å². The molecule has 0 aromatic heterocycles. The molecule has 0 spiro atoms. The van der Waals surface area contributed by atoms with Gasteiger partial charge in [0.05, 0.1) is 0 Å². The minimum Gasteiger partial charge on any atom is -0.0891 e. The van der Waals surface area contributed by atoms with Crippen LogP contribution in [0.3, 0.4) is 0 Å². The smallest absolute Gasteiger partial charge is 0.00989 e. The highest BCUT2D eigenvalue weighted by Gasteiger charge is 1.95. The molecule has 23 heavy (non-hydrogen) atoms. The number of hydrogen-bond acceptors (Lipinski definition) is 0. The molecule has 0 heteroatoms. The fourth-order valence-corrected chi connectivity index (χ4v) is 3.29. The van der Waals surface area contributed by atoms with Crippen LogP contribution in [-0.2, 0) is 0 Å². The lowest BCUT2D eigenvalue weighted by Gasteiger charge is -2.03. The Morgan fingerprint density at radius 3 is 0.957 bits per heavy atom. The summed E-state index contributed by atoms with van der Waals surface area (Å²) in [7, 11) is 0. The SMILES string of the molecule is [C]#CCCCCCCCCCCCCCCCCCCCCC. The minimum absolute atomic E-state index is 0.860. The van der Waals surface area contributed by atoms with Crippen LogP contribution in [0.4, 0.5) is 0 Å². The van der Waals surface area contributed by atoms with Crippen LogP contribution in [0.25, 0.3) is 0 Å². The van der Waals surface area contributed by atoms with Gasteiger partial charge in [0.25, 0.3) is 0 Å². The second kappa shape index (κ2) is 21.6. The Balaban J connectivity index is 2.94. The number of hydrogen-bond donors (Lipinski definition) is 0. The van der Waals surface area contributed by atoms with E-state index in [1.165, 1.54) is 122 Å². The van der Waals surface area contributed by atoms with Crippen molar-refractivity contribution in [2.75, 3.05) is 0 Å². The summed E-state index contributed by atoms with van der Waals surface area (Å²) in [5.74, 6) is 2.47. The Kier molecular flexibility index (Phi) is 21.1. The topological polar surface area (TPSA) is 0 Å². The maximum absolute atomic E-state index is 6.86. The Labute approximate surface area is 148 Å². The van der Waals surface area contributed by atoms with Gasteiger partial charge in [-0.1, -0.05) is 128 Å². The van der Waals surface area contributed by atoms with Crippen LogP contribution in [0.15, 0.2) is 0 Å². The molecule has 0 saturated heterocycles. The van der Waals surface area contributed by atoms with E-state index in [-0.39, 0.29) is 0 Å². The van der Waals surface area contributed by atoms with Crippen LogP contribution in [-0.4, -0.2) is 0 Å². The molecule has 0 saturated carbocycles. The summed E-state index contributed by atoms with van der Waals surface area (Å²) in [5.41, 5.74) is 0. The van der Waals surface area contributed by atoms with Gasteiger partial charge >= 0.3 is 0 Å². The first-order valence-electron chi connectivity index (χ1n) is 10.8. The van der Waals surface area contributed by atoms with E-state index in [1.807, 2.05) is 0 Å². The van der Waals surface area contributed by atoms with Gasteiger partial charge in [0.1, 0.15) is 0 Å². The zero-order chi connectivity index (χ0) is 16.8. The molecule has 0 nitrogen and oxygen atoms in total. The summed E-state index contributed by atoms with van der Waals surface area (Å²) in [5, 5.41) is 0. The van der Waals surface area contributed by atoms with E-state index in [0.29, 0.717) is 0 Å². The van der Waals surface area contributed by atoms with Crippen LogP contribution in [0.2, 0.25) is 0 Å². The highest BCUT2D eigenvalue weighted by atomic mass is 14.0. The van der Waals surface area contributed by atoms with Gasteiger partial charge in [0, 0.05) is 6.42 Å². The van der Waals surface area contributed by atoms with Crippen molar-refractivity contribution in [1.82, 2.24) is 0 Å². The van der Waals surface area contributed by atoms with E-state index < -0.39 is 0 Å². The summed E-state index contributed by atoms with van der Waals surface area (Å²) in [4.78, 5) is 0. The molecule has 0 amide bonds. The molecule has 0 N–H and O–H groups in total. The third kappa shape index (κ3) is 21.6. The first-order valence-corrected chi connectivity index (χ1v) is 10.8. The van der Waals surface area contributed by atoms with Crippen molar-refractivity contribution in [3.05, 3.63) is 6.42 Å². The maximum atomic E-state index is 6.86. The Morgan fingerprint density at radius 2 is 0.696 bits per heavy atom. The van der Waals surface area contributed by atoms with Gasteiger partial charge in [0.15, 0.2) is 0 Å². The Hall–Kier alpha value is -0.440. The third-order valence-electron chi connectivity index (χ3n) is 4.91. The molecule has 0 unspecified atom stereocenters. The van der Waals surface area contributed by atoms with Gasteiger partial charge in [0.2, 0.25) is 0 Å². The van der Waals surface area contributed by atoms with Crippen molar-refractivity contribution < 1.29 is 0 Å². The minimum atomic E-state index is 0.860. The molecular weight excluding hydrogens is 276 g/mol. The fraction of sp³-hybridized carbons (Fsp3) is 0.913. The van der Waals surface area contributed by atoms with E-state index in [4.69, 9.17) is 6.42 Å². The van der Waals surface area contributed by atoms with Crippen molar-refractivity contribution in [2.24, 2.45) is 0 Å². The van der Waals surface area contributed by atoms with Crippen molar-refractivity contribution in [1.29, 1.82) is 0 Å². The first kappa shape index (κ1) is 22.6. The standard InChI is InChI=1S/C23H43/c1-3-5-7-9-11-13-15-17-19-21-23-22-20-18-16-14-12-10-8-6-4-2/h3,5-23H2,1H3.